The first kappa shape index (κ1) is 15.2. The van der Waals surface area contributed by atoms with Gasteiger partial charge in [0.2, 0.25) is 0 Å². The molecule has 0 bridgehead atoms. The number of aromatic nitrogens is 2. The first-order chi connectivity index (χ1) is 8.82. The summed E-state index contributed by atoms with van der Waals surface area (Å²) < 4.78 is 1.68. The molecule has 106 valence electrons. The minimum absolute atomic E-state index is 0.0501. The topological polar surface area (TPSA) is 84.2 Å². The molecule has 0 fully saturated rings. The van der Waals surface area contributed by atoms with Crippen LogP contribution in [0.5, 0.6) is 0 Å². The number of aryl methyl sites for hydroxylation is 2. The van der Waals surface area contributed by atoms with Gasteiger partial charge in [-0.1, -0.05) is 0 Å². The number of hydrogen-bond donors (Lipinski definition) is 2. The monoisotopic (exact) mass is 267 g/mol. The van der Waals surface area contributed by atoms with Gasteiger partial charge in [-0.15, -0.1) is 0 Å². The molecule has 6 heteroatoms. The van der Waals surface area contributed by atoms with Crippen LogP contribution in [0.4, 0.5) is 0 Å². The molecule has 0 saturated heterocycles. The van der Waals surface area contributed by atoms with E-state index < -0.39 is 5.97 Å². The van der Waals surface area contributed by atoms with Gasteiger partial charge in [0.15, 0.2) is 0 Å². The molecule has 0 aliphatic heterocycles. The Kier molecular flexibility index (Phi) is 5.09. The minimum atomic E-state index is -0.808. The second kappa shape index (κ2) is 6.36. The van der Waals surface area contributed by atoms with E-state index in [9.17, 15) is 9.59 Å². The lowest BCUT2D eigenvalue weighted by Crippen LogP contribution is -2.33. The highest BCUT2D eigenvalue weighted by Crippen LogP contribution is 2.12. The van der Waals surface area contributed by atoms with Crippen LogP contribution in [0, 0.1) is 13.8 Å². The van der Waals surface area contributed by atoms with Crippen LogP contribution in [-0.4, -0.2) is 32.8 Å². The SMILES string of the molecule is Cc1nn(C)c(C)c1C(=O)NC(C)CCCC(=O)O. The molecule has 0 spiro atoms. The molecule has 6 nitrogen and oxygen atoms in total. The Morgan fingerprint density at radius 3 is 2.53 bits per heavy atom. The van der Waals surface area contributed by atoms with Crippen molar-refractivity contribution < 1.29 is 14.7 Å². The van der Waals surface area contributed by atoms with Crippen molar-refractivity contribution in [3.05, 3.63) is 17.0 Å². The van der Waals surface area contributed by atoms with Crippen LogP contribution in [0.25, 0.3) is 0 Å². The molecule has 1 unspecified atom stereocenters. The number of carbonyl (C=O) groups excluding carboxylic acids is 1. The molecular formula is C13H21N3O3. The Hall–Kier alpha value is -1.85. The summed E-state index contributed by atoms with van der Waals surface area (Å²) >= 11 is 0. The number of amides is 1. The van der Waals surface area contributed by atoms with Gasteiger partial charge >= 0.3 is 5.97 Å². The molecule has 0 saturated carbocycles. The van der Waals surface area contributed by atoms with Gasteiger partial charge in [0.1, 0.15) is 0 Å². The van der Waals surface area contributed by atoms with Crippen LogP contribution in [0.1, 0.15) is 47.9 Å². The van der Waals surface area contributed by atoms with Crippen LogP contribution in [0.15, 0.2) is 0 Å². The Morgan fingerprint density at radius 2 is 2.05 bits per heavy atom. The van der Waals surface area contributed by atoms with Crippen molar-refractivity contribution >= 4 is 11.9 Å². The third kappa shape index (κ3) is 4.08. The van der Waals surface area contributed by atoms with E-state index in [-0.39, 0.29) is 18.4 Å². The van der Waals surface area contributed by atoms with Gasteiger partial charge < -0.3 is 10.4 Å². The normalized spacial score (nSPS) is 12.2. The van der Waals surface area contributed by atoms with Gasteiger partial charge in [0, 0.05) is 25.2 Å². The van der Waals surface area contributed by atoms with Crippen LogP contribution < -0.4 is 5.32 Å². The molecule has 1 aromatic heterocycles. The maximum atomic E-state index is 12.1. The Bertz CT molecular complexity index is 480. The average Bonchev–Trinajstić information content (AvgIpc) is 2.52. The molecule has 0 aliphatic carbocycles. The fraction of sp³-hybridized carbons (Fsp3) is 0.615. The quantitative estimate of drug-likeness (QED) is 0.816. The summed E-state index contributed by atoms with van der Waals surface area (Å²) in [6.07, 6.45) is 1.34. The van der Waals surface area contributed by atoms with Gasteiger partial charge in [-0.25, -0.2) is 0 Å². The van der Waals surface area contributed by atoms with Crippen molar-refractivity contribution in [3.8, 4) is 0 Å². The van der Waals surface area contributed by atoms with Gasteiger partial charge in [-0.2, -0.15) is 5.10 Å². The highest BCUT2D eigenvalue weighted by Gasteiger charge is 2.18. The maximum absolute atomic E-state index is 12.1. The van der Waals surface area contributed by atoms with Crippen LogP contribution >= 0.6 is 0 Å². The van der Waals surface area contributed by atoms with Crippen molar-refractivity contribution in [1.82, 2.24) is 15.1 Å². The van der Waals surface area contributed by atoms with Crippen molar-refractivity contribution in [2.24, 2.45) is 7.05 Å². The summed E-state index contributed by atoms with van der Waals surface area (Å²) in [5, 5.41) is 15.6. The van der Waals surface area contributed by atoms with Gasteiger partial charge in [-0.05, 0) is 33.6 Å². The molecule has 2 N–H and O–H groups in total. The van der Waals surface area contributed by atoms with E-state index in [4.69, 9.17) is 5.11 Å². The van der Waals surface area contributed by atoms with Gasteiger partial charge in [-0.3, -0.25) is 14.3 Å². The summed E-state index contributed by atoms with van der Waals surface area (Å²) in [5.41, 5.74) is 2.13. The first-order valence-electron chi connectivity index (χ1n) is 6.35. The fourth-order valence-electron chi connectivity index (χ4n) is 2.03. The summed E-state index contributed by atoms with van der Waals surface area (Å²) in [7, 11) is 1.80. The molecule has 0 radical (unpaired) electrons. The maximum Gasteiger partial charge on any atom is 0.303 e. The zero-order chi connectivity index (χ0) is 14.6. The number of carbonyl (C=O) groups is 2. The highest BCUT2D eigenvalue weighted by molar-refractivity contribution is 5.96. The van der Waals surface area contributed by atoms with E-state index in [0.29, 0.717) is 24.1 Å². The second-order valence-electron chi connectivity index (χ2n) is 4.83. The number of hydrogen-bond acceptors (Lipinski definition) is 3. The predicted molar refractivity (Wildman–Crippen MR) is 71.1 cm³/mol. The smallest absolute Gasteiger partial charge is 0.303 e. The molecule has 1 heterocycles. The first-order valence-corrected chi connectivity index (χ1v) is 6.35. The molecule has 0 aliphatic rings. The standard InChI is InChI=1S/C13H21N3O3/c1-8(6-5-7-11(17)18)14-13(19)12-9(2)15-16(4)10(12)3/h8H,5-7H2,1-4H3,(H,14,19)(H,17,18). The largest absolute Gasteiger partial charge is 0.481 e. The van der Waals surface area contributed by atoms with Crippen molar-refractivity contribution in [2.75, 3.05) is 0 Å². The third-order valence-electron chi connectivity index (χ3n) is 3.14. The Morgan fingerprint density at radius 1 is 1.42 bits per heavy atom. The molecule has 19 heavy (non-hydrogen) atoms. The third-order valence-corrected chi connectivity index (χ3v) is 3.14. The minimum Gasteiger partial charge on any atom is -0.481 e. The van der Waals surface area contributed by atoms with Gasteiger partial charge in [0.25, 0.3) is 5.91 Å². The van der Waals surface area contributed by atoms with E-state index >= 15 is 0 Å². The Labute approximate surface area is 112 Å². The average molecular weight is 267 g/mol. The van der Waals surface area contributed by atoms with E-state index in [2.05, 4.69) is 10.4 Å². The number of carboxylic acid groups (broad SMARTS) is 1. The second-order valence-corrected chi connectivity index (χ2v) is 4.83. The zero-order valence-electron chi connectivity index (χ0n) is 11.9. The van der Waals surface area contributed by atoms with Crippen molar-refractivity contribution in [2.45, 2.75) is 46.1 Å². The Balaban J connectivity index is 2.57. The van der Waals surface area contributed by atoms with E-state index in [1.165, 1.54) is 0 Å². The molecular weight excluding hydrogens is 246 g/mol. The fourth-order valence-corrected chi connectivity index (χ4v) is 2.03. The van der Waals surface area contributed by atoms with Crippen molar-refractivity contribution in [3.63, 3.8) is 0 Å². The highest BCUT2D eigenvalue weighted by atomic mass is 16.4. The molecule has 1 atom stereocenters. The van der Waals surface area contributed by atoms with Crippen LogP contribution in [-0.2, 0) is 11.8 Å². The summed E-state index contributed by atoms with van der Waals surface area (Å²) in [6.45, 7) is 5.53. The van der Waals surface area contributed by atoms with Crippen LogP contribution in [0.2, 0.25) is 0 Å². The van der Waals surface area contributed by atoms with E-state index in [1.54, 1.807) is 18.7 Å². The van der Waals surface area contributed by atoms with E-state index in [0.717, 1.165) is 5.69 Å². The lowest BCUT2D eigenvalue weighted by atomic mass is 10.1. The summed E-state index contributed by atoms with van der Waals surface area (Å²) in [4.78, 5) is 22.5. The number of nitrogens with zero attached hydrogens (tertiary/aromatic N) is 2. The lowest BCUT2D eigenvalue weighted by molar-refractivity contribution is -0.137. The number of carboxylic acids is 1. The molecule has 1 amide bonds. The number of nitrogens with one attached hydrogen (secondary N) is 1. The molecule has 1 aromatic rings. The summed E-state index contributed by atoms with van der Waals surface area (Å²) in [5.74, 6) is -0.955. The van der Waals surface area contributed by atoms with E-state index in [1.807, 2.05) is 13.8 Å². The molecule has 1 rings (SSSR count). The van der Waals surface area contributed by atoms with Crippen molar-refractivity contribution in [1.29, 1.82) is 0 Å². The predicted octanol–water partition coefficient (Wildman–Crippen LogP) is 1.41. The van der Waals surface area contributed by atoms with Gasteiger partial charge in [0.05, 0.1) is 11.3 Å². The number of aliphatic carboxylic acids is 1. The molecule has 0 aromatic carbocycles. The zero-order valence-corrected chi connectivity index (χ0v) is 11.9. The lowest BCUT2D eigenvalue weighted by Gasteiger charge is -2.13. The van der Waals surface area contributed by atoms with Crippen LogP contribution in [0.3, 0.4) is 0 Å². The summed E-state index contributed by atoms with van der Waals surface area (Å²) in [6, 6.07) is -0.0501. The number of rotatable bonds is 6.